The van der Waals surface area contributed by atoms with E-state index >= 15 is 0 Å². The van der Waals surface area contributed by atoms with Gasteiger partial charge in [-0.05, 0) is 18.6 Å². The van der Waals surface area contributed by atoms with Crippen molar-refractivity contribution in [3.8, 4) is 5.69 Å². The Labute approximate surface area is 121 Å². The van der Waals surface area contributed by atoms with Gasteiger partial charge < -0.3 is 5.32 Å². The van der Waals surface area contributed by atoms with Crippen molar-refractivity contribution in [3.63, 3.8) is 0 Å². The molecule has 0 amide bonds. The molecule has 0 saturated heterocycles. The third kappa shape index (κ3) is 2.16. The van der Waals surface area contributed by atoms with Crippen LogP contribution in [0.2, 0.25) is 0 Å². The fourth-order valence-electron chi connectivity index (χ4n) is 2.89. The lowest BCUT2D eigenvalue weighted by Crippen LogP contribution is -2.25. The first-order valence-electron chi connectivity index (χ1n) is 7.36. The van der Waals surface area contributed by atoms with Crippen molar-refractivity contribution < 1.29 is 0 Å². The predicted octanol–water partition coefficient (Wildman–Crippen LogP) is 3.12. The molecule has 0 atom stereocenters. The van der Waals surface area contributed by atoms with Crippen LogP contribution in [0.1, 0.15) is 43.5 Å². The van der Waals surface area contributed by atoms with Gasteiger partial charge >= 0.3 is 0 Å². The first-order chi connectivity index (χ1) is 9.48. The van der Waals surface area contributed by atoms with Crippen LogP contribution in [0.4, 0.5) is 0 Å². The van der Waals surface area contributed by atoms with Gasteiger partial charge in [0, 0.05) is 36.3 Å². The van der Waals surface area contributed by atoms with Crippen molar-refractivity contribution in [2.75, 3.05) is 6.54 Å². The summed E-state index contributed by atoms with van der Waals surface area (Å²) in [7, 11) is 0. The van der Waals surface area contributed by atoms with Gasteiger partial charge in [0.1, 0.15) is 5.82 Å². The maximum Gasteiger partial charge on any atom is 0.119 e. The van der Waals surface area contributed by atoms with Gasteiger partial charge in [-0.2, -0.15) is 0 Å². The van der Waals surface area contributed by atoms with Crippen molar-refractivity contribution in [1.82, 2.24) is 14.9 Å². The minimum absolute atomic E-state index is 0.0413. The van der Waals surface area contributed by atoms with Crippen LogP contribution in [0.25, 0.3) is 5.69 Å². The van der Waals surface area contributed by atoms with Crippen LogP contribution in [0.3, 0.4) is 0 Å². The summed E-state index contributed by atoms with van der Waals surface area (Å²) in [5.41, 5.74) is 5.21. The Morgan fingerprint density at radius 3 is 2.65 bits per heavy atom. The summed E-state index contributed by atoms with van der Waals surface area (Å²) in [5, 5.41) is 3.42. The summed E-state index contributed by atoms with van der Waals surface area (Å²) in [6, 6.07) is 8.59. The van der Waals surface area contributed by atoms with Crippen molar-refractivity contribution in [2.24, 2.45) is 0 Å². The number of fused-ring (bicyclic) bond motifs is 1. The molecule has 0 aliphatic carbocycles. The molecule has 0 unspecified atom stereocenters. The zero-order chi connectivity index (χ0) is 14.3. The van der Waals surface area contributed by atoms with E-state index in [1.165, 1.54) is 28.5 Å². The van der Waals surface area contributed by atoms with E-state index in [1.54, 1.807) is 0 Å². The lowest BCUT2D eigenvalue weighted by molar-refractivity contribution is 0.532. The Kier molecular flexibility index (Phi) is 3.17. The molecule has 1 aromatic carbocycles. The van der Waals surface area contributed by atoms with E-state index in [2.05, 4.69) is 61.8 Å². The SMILES string of the molecule is Cc1ccccc1-n1c(C(C)(C)C)nc2c1CCNC2. The highest BCUT2D eigenvalue weighted by Gasteiger charge is 2.28. The molecule has 3 rings (SSSR count). The Morgan fingerprint density at radius 2 is 1.95 bits per heavy atom. The van der Waals surface area contributed by atoms with Crippen molar-refractivity contribution in [1.29, 1.82) is 0 Å². The minimum Gasteiger partial charge on any atom is -0.311 e. The molecule has 0 fully saturated rings. The molecule has 3 nitrogen and oxygen atoms in total. The van der Waals surface area contributed by atoms with E-state index in [4.69, 9.17) is 4.98 Å². The lowest BCUT2D eigenvalue weighted by atomic mass is 9.95. The molecule has 1 aliphatic heterocycles. The Bertz CT molecular complexity index is 632. The van der Waals surface area contributed by atoms with E-state index in [9.17, 15) is 0 Å². The highest BCUT2D eigenvalue weighted by molar-refractivity contribution is 5.45. The number of benzene rings is 1. The number of para-hydroxylation sites is 1. The standard InChI is InChI=1S/C17H23N3/c1-12-7-5-6-8-14(12)20-15-9-10-18-11-13(15)19-16(20)17(2,3)4/h5-8,18H,9-11H2,1-4H3. The Balaban J connectivity index is 2.28. The van der Waals surface area contributed by atoms with Crippen LogP contribution >= 0.6 is 0 Å². The molecule has 3 heteroatoms. The van der Waals surface area contributed by atoms with Gasteiger partial charge in [0.2, 0.25) is 0 Å². The molecule has 0 saturated carbocycles. The fourth-order valence-corrected chi connectivity index (χ4v) is 2.89. The van der Waals surface area contributed by atoms with Gasteiger partial charge in [-0.15, -0.1) is 0 Å². The Morgan fingerprint density at radius 1 is 1.20 bits per heavy atom. The molecule has 106 valence electrons. The molecule has 2 aromatic rings. The van der Waals surface area contributed by atoms with E-state index in [-0.39, 0.29) is 5.41 Å². The quantitative estimate of drug-likeness (QED) is 0.862. The second kappa shape index (κ2) is 4.74. The molecule has 2 heterocycles. The summed E-state index contributed by atoms with van der Waals surface area (Å²) in [4.78, 5) is 4.94. The maximum absolute atomic E-state index is 4.94. The molecule has 0 radical (unpaired) electrons. The zero-order valence-electron chi connectivity index (χ0n) is 12.8. The van der Waals surface area contributed by atoms with Crippen LogP contribution in [-0.4, -0.2) is 16.1 Å². The molecule has 0 spiro atoms. The Hall–Kier alpha value is -1.61. The number of hydrogen-bond donors (Lipinski definition) is 1. The second-order valence-electron chi connectivity index (χ2n) is 6.63. The van der Waals surface area contributed by atoms with Gasteiger partial charge in [-0.25, -0.2) is 4.98 Å². The largest absolute Gasteiger partial charge is 0.311 e. The van der Waals surface area contributed by atoms with E-state index < -0.39 is 0 Å². The molecule has 1 aromatic heterocycles. The zero-order valence-corrected chi connectivity index (χ0v) is 12.8. The molecular weight excluding hydrogens is 246 g/mol. The maximum atomic E-state index is 4.94. The fraction of sp³-hybridized carbons (Fsp3) is 0.471. The molecule has 20 heavy (non-hydrogen) atoms. The third-order valence-corrected chi connectivity index (χ3v) is 3.91. The van der Waals surface area contributed by atoms with Crippen LogP contribution in [0.5, 0.6) is 0 Å². The summed E-state index contributed by atoms with van der Waals surface area (Å²) in [5.74, 6) is 1.17. The van der Waals surface area contributed by atoms with Gasteiger partial charge in [-0.3, -0.25) is 4.57 Å². The normalized spacial score (nSPS) is 15.2. The summed E-state index contributed by atoms with van der Waals surface area (Å²) >= 11 is 0. The molecule has 0 bridgehead atoms. The third-order valence-electron chi connectivity index (χ3n) is 3.91. The number of nitrogens with zero attached hydrogens (tertiary/aromatic N) is 2. The van der Waals surface area contributed by atoms with E-state index in [0.29, 0.717) is 0 Å². The summed E-state index contributed by atoms with van der Waals surface area (Å²) in [6.07, 6.45) is 1.05. The van der Waals surface area contributed by atoms with E-state index in [1.807, 2.05) is 0 Å². The average Bonchev–Trinajstić information content (AvgIpc) is 2.79. The number of aromatic nitrogens is 2. The van der Waals surface area contributed by atoms with Gasteiger partial charge in [0.05, 0.1) is 5.69 Å². The van der Waals surface area contributed by atoms with Gasteiger partial charge in [-0.1, -0.05) is 39.0 Å². The topological polar surface area (TPSA) is 29.9 Å². The van der Waals surface area contributed by atoms with Gasteiger partial charge in [0.25, 0.3) is 0 Å². The van der Waals surface area contributed by atoms with Crippen LogP contribution in [0.15, 0.2) is 24.3 Å². The van der Waals surface area contributed by atoms with Crippen LogP contribution in [-0.2, 0) is 18.4 Å². The minimum atomic E-state index is 0.0413. The molecule has 1 N–H and O–H groups in total. The van der Waals surface area contributed by atoms with Crippen molar-refractivity contribution in [3.05, 3.63) is 47.0 Å². The number of rotatable bonds is 1. The first kappa shape index (κ1) is 13.4. The predicted molar refractivity (Wildman–Crippen MR) is 82.4 cm³/mol. The highest BCUT2D eigenvalue weighted by Crippen LogP contribution is 2.30. The van der Waals surface area contributed by atoms with Crippen molar-refractivity contribution >= 4 is 0 Å². The smallest absolute Gasteiger partial charge is 0.119 e. The molecule has 1 aliphatic rings. The summed E-state index contributed by atoms with van der Waals surface area (Å²) < 4.78 is 2.39. The first-order valence-corrected chi connectivity index (χ1v) is 7.36. The van der Waals surface area contributed by atoms with Crippen LogP contribution in [0, 0.1) is 6.92 Å². The van der Waals surface area contributed by atoms with E-state index in [0.717, 1.165) is 19.5 Å². The molecular formula is C17H23N3. The summed E-state index contributed by atoms with van der Waals surface area (Å²) in [6.45, 7) is 10.8. The monoisotopic (exact) mass is 269 g/mol. The van der Waals surface area contributed by atoms with Gasteiger partial charge in [0.15, 0.2) is 0 Å². The number of imidazole rings is 1. The number of aryl methyl sites for hydroxylation is 1. The number of nitrogens with one attached hydrogen (secondary N) is 1. The lowest BCUT2D eigenvalue weighted by Gasteiger charge is -2.23. The van der Waals surface area contributed by atoms with Crippen LogP contribution < -0.4 is 5.32 Å². The number of hydrogen-bond acceptors (Lipinski definition) is 2. The second-order valence-corrected chi connectivity index (χ2v) is 6.63. The van der Waals surface area contributed by atoms with Crippen molar-refractivity contribution in [2.45, 2.75) is 46.1 Å². The average molecular weight is 269 g/mol. The highest BCUT2D eigenvalue weighted by atomic mass is 15.1.